The molecule has 3 aromatic rings. The van der Waals surface area contributed by atoms with Crippen LogP contribution in [0.1, 0.15) is 10.6 Å². The van der Waals surface area contributed by atoms with Crippen molar-refractivity contribution in [3.63, 3.8) is 0 Å². The van der Waals surface area contributed by atoms with Crippen LogP contribution in [-0.4, -0.2) is 9.38 Å². The van der Waals surface area contributed by atoms with E-state index in [-0.39, 0.29) is 18.0 Å². The Morgan fingerprint density at radius 3 is 2.81 bits per heavy atom. The van der Waals surface area contributed by atoms with Gasteiger partial charge in [0.1, 0.15) is 22.8 Å². The highest BCUT2D eigenvalue weighted by Crippen LogP contribution is 2.24. The number of nitrogens with zero attached hydrogens (tertiary/aromatic N) is 2. The van der Waals surface area contributed by atoms with Crippen molar-refractivity contribution in [3.05, 3.63) is 61.7 Å². The summed E-state index contributed by atoms with van der Waals surface area (Å²) in [6, 6.07) is 7.15. The highest BCUT2D eigenvalue weighted by atomic mass is 79.9. The quantitative estimate of drug-likeness (QED) is 0.709. The van der Waals surface area contributed by atoms with Gasteiger partial charge in [-0.05, 0) is 47.1 Å². The largest absolute Gasteiger partial charge is 0.487 e. The van der Waals surface area contributed by atoms with Gasteiger partial charge in [-0.3, -0.25) is 4.79 Å². The standard InChI is InChI=1S/C14H10BrFN2O2S/c1-8-13(15)18-12(19)6-10(17-14(18)21-8)7-20-11-4-2-9(16)3-5-11/h2-6H,7H2,1H3. The lowest BCUT2D eigenvalue weighted by Crippen LogP contribution is -2.15. The lowest BCUT2D eigenvalue weighted by Gasteiger charge is -2.05. The summed E-state index contributed by atoms with van der Waals surface area (Å²) in [5.74, 6) is 0.209. The first kappa shape index (κ1) is 14.2. The van der Waals surface area contributed by atoms with Crippen molar-refractivity contribution in [3.8, 4) is 5.75 Å². The van der Waals surface area contributed by atoms with E-state index in [1.807, 2.05) is 6.92 Å². The molecule has 4 nitrogen and oxygen atoms in total. The number of hydrogen-bond donors (Lipinski definition) is 0. The molecule has 0 bridgehead atoms. The molecule has 7 heteroatoms. The lowest BCUT2D eigenvalue weighted by molar-refractivity contribution is 0.301. The van der Waals surface area contributed by atoms with Gasteiger partial charge in [0.15, 0.2) is 4.96 Å². The molecular weight excluding hydrogens is 359 g/mol. The van der Waals surface area contributed by atoms with Gasteiger partial charge in [-0.15, -0.1) is 11.3 Å². The van der Waals surface area contributed by atoms with Gasteiger partial charge in [-0.1, -0.05) is 0 Å². The average Bonchev–Trinajstić information content (AvgIpc) is 2.74. The number of benzene rings is 1. The SMILES string of the molecule is Cc1sc2nc(COc3ccc(F)cc3)cc(=O)n2c1Br. The summed E-state index contributed by atoms with van der Waals surface area (Å²) in [6.07, 6.45) is 0. The van der Waals surface area contributed by atoms with Gasteiger partial charge in [0, 0.05) is 10.9 Å². The van der Waals surface area contributed by atoms with E-state index in [0.717, 1.165) is 9.48 Å². The third-order valence-electron chi connectivity index (χ3n) is 2.87. The molecule has 0 radical (unpaired) electrons. The van der Waals surface area contributed by atoms with Crippen LogP contribution in [0.15, 0.2) is 39.7 Å². The second-order valence-electron chi connectivity index (χ2n) is 4.40. The van der Waals surface area contributed by atoms with E-state index < -0.39 is 0 Å². The van der Waals surface area contributed by atoms with E-state index in [4.69, 9.17) is 4.74 Å². The number of halogens is 2. The molecule has 0 aliphatic heterocycles. The summed E-state index contributed by atoms with van der Waals surface area (Å²) in [7, 11) is 0. The van der Waals surface area contributed by atoms with Gasteiger partial charge < -0.3 is 4.74 Å². The molecule has 0 aliphatic rings. The molecule has 2 heterocycles. The summed E-state index contributed by atoms with van der Waals surface area (Å²) >= 11 is 4.81. The number of ether oxygens (including phenoxy) is 1. The Morgan fingerprint density at radius 1 is 1.38 bits per heavy atom. The van der Waals surface area contributed by atoms with Crippen molar-refractivity contribution >= 4 is 32.2 Å². The van der Waals surface area contributed by atoms with Gasteiger partial charge in [-0.25, -0.2) is 13.8 Å². The van der Waals surface area contributed by atoms with Crippen molar-refractivity contribution in [2.24, 2.45) is 0 Å². The molecule has 0 N–H and O–H groups in total. The monoisotopic (exact) mass is 368 g/mol. The van der Waals surface area contributed by atoms with Crippen LogP contribution < -0.4 is 10.3 Å². The smallest absolute Gasteiger partial charge is 0.259 e. The van der Waals surface area contributed by atoms with Crippen LogP contribution in [0, 0.1) is 12.7 Å². The fourth-order valence-electron chi connectivity index (χ4n) is 1.85. The highest BCUT2D eigenvalue weighted by Gasteiger charge is 2.11. The molecule has 0 saturated carbocycles. The van der Waals surface area contributed by atoms with Crippen molar-refractivity contribution < 1.29 is 9.13 Å². The molecule has 0 atom stereocenters. The second kappa shape index (κ2) is 5.57. The minimum absolute atomic E-state index is 0.158. The van der Waals surface area contributed by atoms with Crippen molar-refractivity contribution in [2.75, 3.05) is 0 Å². The van der Waals surface area contributed by atoms with Gasteiger partial charge in [0.25, 0.3) is 5.56 Å². The Hall–Kier alpha value is -1.73. The number of aromatic nitrogens is 2. The normalized spacial score (nSPS) is 11.0. The third-order valence-corrected chi connectivity index (χ3v) is 5.04. The summed E-state index contributed by atoms with van der Waals surface area (Å²) < 4.78 is 20.5. The van der Waals surface area contributed by atoms with Gasteiger partial charge in [0.2, 0.25) is 0 Å². The van der Waals surface area contributed by atoms with Crippen molar-refractivity contribution in [2.45, 2.75) is 13.5 Å². The van der Waals surface area contributed by atoms with Crippen LogP contribution in [-0.2, 0) is 6.61 Å². The molecule has 21 heavy (non-hydrogen) atoms. The van der Waals surface area contributed by atoms with E-state index in [9.17, 15) is 9.18 Å². The summed E-state index contributed by atoms with van der Waals surface area (Å²) in [5.41, 5.74) is 0.381. The molecule has 0 fully saturated rings. The predicted octanol–water partition coefficient (Wildman–Crippen LogP) is 3.55. The Balaban J connectivity index is 1.88. The highest BCUT2D eigenvalue weighted by molar-refractivity contribution is 9.10. The maximum absolute atomic E-state index is 12.8. The molecule has 2 aromatic heterocycles. The first-order valence-corrected chi connectivity index (χ1v) is 7.71. The third kappa shape index (κ3) is 2.84. The van der Waals surface area contributed by atoms with Crippen molar-refractivity contribution in [1.82, 2.24) is 9.38 Å². The zero-order valence-electron chi connectivity index (χ0n) is 11.0. The van der Waals surface area contributed by atoms with Gasteiger partial charge in [-0.2, -0.15) is 0 Å². The molecule has 0 unspecified atom stereocenters. The van der Waals surface area contributed by atoms with Gasteiger partial charge >= 0.3 is 0 Å². The molecule has 0 spiro atoms. The molecular formula is C14H10BrFN2O2S. The Bertz CT molecular complexity index is 858. The van der Waals surface area contributed by atoms with Crippen LogP contribution in [0.25, 0.3) is 4.96 Å². The number of aryl methyl sites for hydroxylation is 1. The number of rotatable bonds is 3. The second-order valence-corrected chi connectivity index (χ2v) is 6.33. The molecule has 0 saturated heterocycles. The van der Waals surface area contributed by atoms with Crippen LogP contribution in [0.3, 0.4) is 0 Å². The van der Waals surface area contributed by atoms with Crippen LogP contribution in [0.5, 0.6) is 5.75 Å². The Labute approximate surface area is 132 Å². The van der Waals surface area contributed by atoms with E-state index in [0.29, 0.717) is 16.4 Å². The molecule has 0 aliphatic carbocycles. The molecule has 108 valence electrons. The topological polar surface area (TPSA) is 43.6 Å². The Kier molecular flexibility index (Phi) is 3.77. The maximum atomic E-state index is 12.8. The first-order valence-electron chi connectivity index (χ1n) is 6.10. The molecule has 0 amide bonds. The fourth-order valence-corrected chi connectivity index (χ4v) is 3.44. The fraction of sp³-hybridized carbons (Fsp3) is 0.143. The van der Waals surface area contributed by atoms with Crippen LogP contribution in [0.2, 0.25) is 0 Å². The van der Waals surface area contributed by atoms with E-state index in [1.54, 1.807) is 0 Å². The molecule has 1 aromatic carbocycles. The zero-order valence-corrected chi connectivity index (χ0v) is 13.4. The summed E-state index contributed by atoms with van der Waals surface area (Å²) in [4.78, 5) is 18.1. The zero-order chi connectivity index (χ0) is 15.0. The Morgan fingerprint density at radius 2 is 2.10 bits per heavy atom. The average molecular weight is 369 g/mol. The van der Waals surface area contributed by atoms with Crippen LogP contribution in [0.4, 0.5) is 4.39 Å². The first-order chi connectivity index (χ1) is 10.0. The predicted molar refractivity (Wildman–Crippen MR) is 82.5 cm³/mol. The number of fused-ring (bicyclic) bond motifs is 1. The minimum Gasteiger partial charge on any atom is -0.487 e. The van der Waals surface area contributed by atoms with Gasteiger partial charge in [0.05, 0.1) is 5.69 Å². The lowest BCUT2D eigenvalue weighted by atomic mass is 10.3. The van der Waals surface area contributed by atoms with E-state index >= 15 is 0 Å². The summed E-state index contributed by atoms with van der Waals surface area (Å²) in [6.45, 7) is 2.07. The number of thiazole rings is 1. The van der Waals surface area contributed by atoms with E-state index in [1.165, 1.54) is 46.1 Å². The number of hydrogen-bond acceptors (Lipinski definition) is 4. The minimum atomic E-state index is -0.320. The van der Waals surface area contributed by atoms with E-state index in [2.05, 4.69) is 20.9 Å². The van der Waals surface area contributed by atoms with Crippen LogP contribution >= 0.6 is 27.3 Å². The maximum Gasteiger partial charge on any atom is 0.259 e. The molecule has 3 rings (SSSR count). The van der Waals surface area contributed by atoms with Crippen molar-refractivity contribution in [1.29, 1.82) is 0 Å². The summed E-state index contributed by atoms with van der Waals surface area (Å²) in [5, 5.41) is 0.